The molecule has 3 aromatic rings. The van der Waals surface area contributed by atoms with Gasteiger partial charge in [0.25, 0.3) is 5.91 Å². The molecule has 1 amide bonds. The standard InChI is InChI=1S/C17H19FN6OS/c1-3-24-11(2)21-23-17(24)26-8-7-19-16(25)14-10-20-22-15(14)12-5-4-6-13(18)9-12/h4-6,9-10H,3,7-8H2,1-2H3,(H,19,25)(H,20,22). The summed E-state index contributed by atoms with van der Waals surface area (Å²) in [7, 11) is 0. The lowest BCUT2D eigenvalue weighted by Gasteiger charge is -2.07. The number of amides is 1. The number of aryl methyl sites for hydroxylation is 1. The highest BCUT2D eigenvalue weighted by Gasteiger charge is 2.15. The van der Waals surface area contributed by atoms with Crippen molar-refractivity contribution in [3.63, 3.8) is 0 Å². The minimum Gasteiger partial charge on any atom is -0.351 e. The molecule has 0 fully saturated rings. The second-order valence-corrected chi connectivity index (χ2v) is 6.61. The van der Waals surface area contributed by atoms with Crippen molar-refractivity contribution in [2.75, 3.05) is 12.3 Å². The van der Waals surface area contributed by atoms with Crippen LogP contribution in [0.25, 0.3) is 11.3 Å². The largest absolute Gasteiger partial charge is 0.351 e. The van der Waals surface area contributed by atoms with Crippen LogP contribution < -0.4 is 5.32 Å². The van der Waals surface area contributed by atoms with Gasteiger partial charge in [0.1, 0.15) is 11.6 Å². The predicted octanol–water partition coefficient (Wildman–Crippen LogP) is 2.66. The highest BCUT2D eigenvalue weighted by atomic mass is 32.2. The molecule has 0 aliphatic rings. The number of nitrogens with zero attached hydrogens (tertiary/aromatic N) is 4. The van der Waals surface area contributed by atoms with E-state index >= 15 is 0 Å². The Labute approximate surface area is 154 Å². The quantitative estimate of drug-likeness (QED) is 0.490. The van der Waals surface area contributed by atoms with E-state index in [4.69, 9.17) is 0 Å². The van der Waals surface area contributed by atoms with E-state index in [9.17, 15) is 9.18 Å². The van der Waals surface area contributed by atoms with Crippen molar-refractivity contribution in [2.45, 2.75) is 25.5 Å². The summed E-state index contributed by atoms with van der Waals surface area (Å²) < 4.78 is 15.4. The van der Waals surface area contributed by atoms with Crippen molar-refractivity contribution in [2.24, 2.45) is 0 Å². The number of hydrogen-bond donors (Lipinski definition) is 2. The Bertz CT molecular complexity index is 906. The van der Waals surface area contributed by atoms with Crippen molar-refractivity contribution in [1.29, 1.82) is 0 Å². The van der Waals surface area contributed by atoms with Gasteiger partial charge in [-0.2, -0.15) is 5.10 Å². The Morgan fingerprint density at radius 2 is 2.23 bits per heavy atom. The number of rotatable bonds is 7. The van der Waals surface area contributed by atoms with Gasteiger partial charge in [-0.05, 0) is 26.0 Å². The lowest BCUT2D eigenvalue weighted by Crippen LogP contribution is -2.26. The van der Waals surface area contributed by atoms with Gasteiger partial charge in [-0.15, -0.1) is 10.2 Å². The predicted molar refractivity (Wildman–Crippen MR) is 97.5 cm³/mol. The van der Waals surface area contributed by atoms with Crippen molar-refractivity contribution in [3.05, 3.63) is 47.7 Å². The molecule has 0 radical (unpaired) electrons. The third-order valence-corrected chi connectivity index (χ3v) is 4.80. The van der Waals surface area contributed by atoms with Gasteiger partial charge in [-0.1, -0.05) is 23.9 Å². The van der Waals surface area contributed by atoms with E-state index in [1.165, 1.54) is 30.1 Å². The molecule has 26 heavy (non-hydrogen) atoms. The maximum absolute atomic E-state index is 13.4. The summed E-state index contributed by atoms with van der Waals surface area (Å²) in [4.78, 5) is 12.4. The molecule has 0 bridgehead atoms. The topological polar surface area (TPSA) is 88.5 Å². The molecule has 0 saturated heterocycles. The highest BCUT2D eigenvalue weighted by Crippen LogP contribution is 2.22. The lowest BCUT2D eigenvalue weighted by molar-refractivity contribution is 0.0957. The zero-order chi connectivity index (χ0) is 18.5. The number of halogens is 1. The smallest absolute Gasteiger partial charge is 0.255 e. The van der Waals surface area contributed by atoms with E-state index in [1.807, 2.05) is 18.4 Å². The number of nitrogens with one attached hydrogen (secondary N) is 2. The van der Waals surface area contributed by atoms with Gasteiger partial charge >= 0.3 is 0 Å². The van der Waals surface area contributed by atoms with Gasteiger partial charge in [0, 0.05) is 24.4 Å². The number of H-pyrrole nitrogens is 1. The third kappa shape index (κ3) is 3.93. The van der Waals surface area contributed by atoms with Crippen LogP contribution in [0.5, 0.6) is 0 Å². The van der Waals surface area contributed by atoms with Gasteiger partial charge < -0.3 is 9.88 Å². The first-order chi connectivity index (χ1) is 12.6. The van der Waals surface area contributed by atoms with Crippen molar-refractivity contribution in [3.8, 4) is 11.3 Å². The molecule has 2 N–H and O–H groups in total. The fourth-order valence-electron chi connectivity index (χ4n) is 2.56. The molecule has 136 valence electrons. The van der Waals surface area contributed by atoms with Crippen LogP contribution in [0.3, 0.4) is 0 Å². The summed E-state index contributed by atoms with van der Waals surface area (Å²) in [6, 6.07) is 6.03. The van der Waals surface area contributed by atoms with Crippen LogP contribution in [0.15, 0.2) is 35.6 Å². The zero-order valence-electron chi connectivity index (χ0n) is 14.5. The molecule has 0 aliphatic carbocycles. The fraction of sp³-hybridized carbons (Fsp3) is 0.294. The summed E-state index contributed by atoms with van der Waals surface area (Å²) in [5.41, 5.74) is 1.46. The average molecular weight is 374 g/mol. The van der Waals surface area contributed by atoms with Crippen LogP contribution in [0.1, 0.15) is 23.1 Å². The Balaban J connectivity index is 1.59. The normalized spacial score (nSPS) is 10.9. The van der Waals surface area contributed by atoms with Gasteiger partial charge in [0.15, 0.2) is 5.16 Å². The maximum atomic E-state index is 13.4. The molecule has 0 saturated carbocycles. The molecule has 2 heterocycles. The first kappa shape index (κ1) is 18.1. The van der Waals surface area contributed by atoms with E-state index < -0.39 is 0 Å². The van der Waals surface area contributed by atoms with E-state index in [1.54, 1.807) is 12.1 Å². The minimum absolute atomic E-state index is 0.258. The summed E-state index contributed by atoms with van der Waals surface area (Å²) >= 11 is 1.54. The van der Waals surface area contributed by atoms with Crippen molar-refractivity contribution < 1.29 is 9.18 Å². The number of hydrogen-bond acceptors (Lipinski definition) is 5. The van der Waals surface area contributed by atoms with Crippen LogP contribution in [0.4, 0.5) is 4.39 Å². The lowest BCUT2D eigenvalue weighted by atomic mass is 10.1. The van der Waals surface area contributed by atoms with Crippen LogP contribution >= 0.6 is 11.8 Å². The Morgan fingerprint density at radius 1 is 1.38 bits per heavy atom. The number of aromatic nitrogens is 5. The highest BCUT2D eigenvalue weighted by molar-refractivity contribution is 7.99. The van der Waals surface area contributed by atoms with E-state index in [0.717, 1.165) is 17.5 Å². The van der Waals surface area contributed by atoms with Gasteiger partial charge in [-0.25, -0.2) is 4.39 Å². The molecule has 3 rings (SSSR count). The molecule has 0 spiro atoms. The van der Waals surface area contributed by atoms with Crippen molar-refractivity contribution in [1.82, 2.24) is 30.3 Å². The average Bonchev–Trinajstić information content (AvgIpc) is 3.25. The van der Waals surface area contributed by atoms with Gasteiger partial charge in [0.2, 0.25) is 0 Å². The second kappa shape index (κ2) is 8.13. The van der Waals surface area contributed by atoms with Crippen LogP contribution in [0.2, 0.25) is 0 Å². The number of carbonyl (C=O) groups is 1. The molecule has 7 nitrogen and oxygen atoms in total. The molecule has 0 aliphatic heterocycles. The van der Waals surface area contributed by atoms with Gasteiger partial charge in [-0.3, -0.25) is 9.89 Å². The third-order valence-electron chi connectivity index (χ3n) is 3.83. The monoisotopic (exact) mass is 374 g/mol. The number of carbonyl (C=O) groups excluding carboxylic acids is 1. The van der Waals surface area contributed by atoms with Crippen LogP contribution in [-0.2, 0) is 6.54 Å². The Hall–Kier alpha value is -2.68. The van der Waals surface area contributed by atoms with E-state index in [2.05, 4.69) is 25.7 Å². The Morgan fingerprint density at radius 3 is 3.00 bits per heavy atom. The maximum Gasteiger partial charge on any atom is 0.255 e. The molecule has 2 aromatic heterocycles. The van der Waals surface area contributed by atoms with Crippen LogP contribution in [0, 0.1) is 12.7 Å². The summed E-state index contributed by atoms with van der Waals surface area (Å²) in [6.45, 7) is 5.22. The molecule has 9 heteroatoms. The van der Waals surface area contributed by atoms with E-state index in [-0.39, 0.29) is 11.7 Å². The summed E-state index contributed by atoms with van der Waals surface area (Å²) in [5, 5.41) is 18.5. The number of aromatic amines is 1. The van der Waals surface area contributed by atoms with Gasteiger partial charge in [0.05, 0.1) is 17.5 Å². The fourth-order valence-corrected chi connectivity index (χ4v) is 3.46. The summed E-state index contributed by atoms with van der Waals surface area (Å²) in [5.74, 6) is 0.913. The number of benzene rings is 1. The van der Waals surface area contributed by atoms with Crippen molar-refractivity contribution >= 4 is 17.7 Å². The molecule has 0 atom stereocenters. The molecule has 1 aromatic carbocycles. The number of thioether (sulfide) groups is 1. The molecule has 0 unspecified atom stereocenters. The molecular weight excluding hydrogens is 355 g/mol. The summed E-state index contributed by atoms with van der Waals surface area (Å²) in [6.07, 6.45) is 1.44. The second-order valence-electron chi connectivity index (χ2n) is 5.55. The minimum atomic E-state index is -0.366. The SMILES string of the molecule is CCn1c(C)nnc1SCCNC(=O)c1cn[nH]c1-c1cccc(F)c1. The first-order valence-electron chi connectivity index (χ1n) is 8.20. The van der Waals surface area contributed by atoms with E-state index in [0.29, 0.717) is 29.1 Å². The Kier molecular flexibility index (Phi) is 5.67. The first-order valence-corrected chi connectivity index (χ1v) is 9.18. The zero-order valence-corrected chi connectivity index (χ0v) is 15.3. The van der Waals surface area contributed by atoms with Crippen LogP contribution in [-0.4, -0.2) is 43.2 Å². The molecular formula is C17H19FN6OS.